The molecule has 2 heteroatoms. The minimum Gasteiger partial charge on any atom is -0.244 e. The van der Waals surface area contributed by atoms with Gasteiger partial charge in [-0.15, -0.1) is 11.3 Å². The van der Waals surface area contributed by atoms with E-state index >= 15 is 0 Å². The van der Waals surface area contributed by atoms with Gasteiger partial charge in [0.1, 0.15) is 0 Å². The monoisotopic (exact) mass is 265 g/mol. The van der Waals surface area contributed by atoms with Gasteiger partial charge in [-0.3, -0.25) is 0 Å². The van der Waals surface area contributed by atoms with Crippen molar-refractivity contribution >= 4 is 43.1 Å². The Morgan fingerprint density at radius 2 is 1.26 bits per heavy atom. The van der Waals surface area contributed by atoms with Gasteiger partial charge >= 0.3 is 0 Å². The predicted molar refractivity (Wildman–Crippen MR) is 86.0 cm³/mol. The number of benzene rings is 3. The Balaban J connectivity index is 0.000000528. The molecule has 0 radical (unpaired) electrons. The highest BCUT2D eigenvalue weighted by Crippen LogP contribution is 2.35. The van der Waals surface area contributed by atoms with Crippen LogP contribution in [0.1, 0.15) is 13.8 Å². The first-order chi connectivity index (χ1) is 9.45. The van der Waals surface area contributed by atoms with Crippen LogP contribution in [-0.4, -0.2) is 4.98 Å². The lowest BCUT2D eigenvalue weighted by atomic mass is 10.0. The standard InChI is InChI=1S/C15H9NS.C2H6/c1-3-7-12-10(5-1)11-6-2-4-8-13(11)15-14(12)16-9-17-15;1-2/h1-9H;1-2H3. The van der Waals surface area contributed by atoms with Gasteiger partial charge in [0.2, 0.25) is 0 Å². The van der Waals surface area contributed by atoms with Gasteiger partial charge < -0.3 is 0 Å². The first-order valence-electron chi connectivity index (χ1n) is 6.58. The molecule has 0 amide bonds. The summed E-state index contributed by atoms with van der Waals surface area (Å²) in [4.78, 5) is 4.52. The zero-order chi connectivity index (χ0) is 13.2. The van der Waals surface area contributed by atoms with Crippen molar-refractivity contribution in [1.82, 2.24) is 4.98 Å². The number of thiazole rings is 1. The molecule has 0 N–H and O–H groups in total. The molecule has 0 bridgehead atoms. The van der Waals surface area contributed by atoms with Crippen molar-refractivity contribution in [1.29, 1.82) is 0 Å². The zero-order valence-electron chi connectivity index (χ0n) is 11.1. The van der Waals surface area contributed by atoms with Crippen LogP contribution in [-0.2, 0) is 0 Å². The Bertz CT molecular complexity index is 776. The van der Waals surface area contributed by atoms with Crippen molar-refractivity contribution in [3.63, 3.8) is 0 Å². The number of fused-ring (bicyclic) bond motifs is 6. The molecule has 94 valence electrons. The van der Waals surface area contributed by atoms with E-state index in [1.807, 2.05) is 19.4 Å². The van der Waals surface area contributed by atoms with Crippen LogP contribution in [0.4, 0.5) is 0 Å². The molecule has 0 unspecified atom stereocenters. The number of rotatable bonds is 0. The maximum Gasteiger partial charge on any atom is 0.0896 e. The Kier molecular flexibility index (Phi) is 3.18. The quantitative estimate of drug-likeness (QED) is 0.375. The van der Waals surface area contributed by atoms with Gasteiger partial charge in [0.15, 0.2) is 0 Å². The largest absolute Gasteiger partial charge is 0.244 e. The number of hydrogen-bond acceptors (Lipinski definition) is 2. The van der Waals surface area contributed by atoms with Crippen molar-refractivity contribution in [2.45, 2.75) is 13.8 Å². The minimum absolute atomic E-state index is 1.13. The fourth-order valence-corrected chi connectivity index (χ4v) is 3.31. The number of nitrogens with zero attached hydrogens (tertiary/aromatic N) is 1. The molecule has 0 aliphatic carbocycles. The summed E-state index contributed by atoms with van der Waals surface area (Å²) in [6.07, 6.45) is 0. The van der Waals surface area contributed by atoms with Gasteiger partial charge in [-0.05, 0) is 10.8 Å². The maximum atomic E-state index is 4.52. The highest BCUT2D eigenvalue weighted by atomic mass is 32.1. The molecule has 4 aromatic rings. The van der Waals surface area contributed by atoms with Gasteiger partial charge in [0, 0.05) is 10.8 Å². The first-order valence-corrected chi connectivity index (χ1v) is 7.46. The second-order valence-electron chi connectivity index (χ2n) is 4.12. The highest BCUT2D eigenvalue weighted by molar-refractivity contribution is 7.18. The third-order valence-corrected chi connectivity index (χ3v) is 4.07. The maximum absolute atomic E-state index is 4.52. The smallest absolute Gasteiger partial charge is 0.0896 e. The van der Waals surface area contributed by atoms with Gasteiger partial charge in [-0.1, -0.05) is 62.4 Å². The van der Waals surface area contributed by atoms with Crippen LogP contribution < -0.4 is 0 Å². The fraction of sp³-hybridized carbons (Fsp3) is 0.118. The van der Waals surface area contributed by atoms with Crippen molar-refractivity contribution in [3.8, 4) is 0 Å². The molecule has 19 heavy (non-hydrogen) atoms. The lowest BCUT2D eigenvalue weighted by Crippen LogP contribution is -1.79. The van der Waals surface area contributed by atoms with Crippen LogP contribution in [0.2, 0.25) is 0 Å². The molecule has 1 nitrogen and oxygen atoms in total. The molecule has 0 saturated heterocycles. The Labute approximate surface area is 116 Å². The van der Waals surface area contributed by atoms with Gasteiger partial charge in [0.25, 0.3) is 0 Å². The van der Waals surface area contributed by atoms with Crippen molar-refractivity contribution < 1.29 is 0 Å². The minimum atomic E-state index is 1.13. The van der Waals surface area contributed by atoms with E-state index in [4.69, 9.17) is 0 Å². The summed E-state index contributed by atoms with van der Waals surface area (Å²) in [5, 5.41) is 5.17. The second-order valence-corrected chi connectivity index (χ2v) is 4.98. The van der Waals surface area contributed by atoms with E-state index in [1.54, 1.807) is 11.3 Å². The fourth-order valence-electron chi connectivity index (χ4n) is 2.47. The van der Waals surface area contributed by atoms with E-state index in [2.05, 4.69) is 53.5 Å². The SMILES string of the molecule is CC.c1ccc2c(c1)c1ccccc1c1scnc21. The molecule has 1 aromatic heterocycles. The second kappa shape index (κ2) is 4.98. The molecule has 0 aliphatic heterocycles. The topological polar surface area (TPSA) is 12.9 Å². The number of aromatic nitrogens is 1. The van der Waals surface area contributed by atoms with Gasteiger partial charge in [-0.2, -0.15) is 0 Å². The van der Waals surface area contributed by atoms with Crippen LogP contribution in [0.3, 0.4) is 0 Å². The Morgan fingerprint density at radius 3 is 1.95 bits per heavy atom. The van der Waals surface area contributed by atoms with E-state index in [0.29, 0.717) is 0 Å². The van der Waals surface area contributed by atoms with Crippen LogP contribution in [0.25, 0.3) is 31.8 Å². The summed E-state index contributed by atoms with van der Waals surface area (Å²) >= 11 is 1.72. The van der Waals surface area contributed by atoms with E-state index in [-0.39, 0.29) is 0 Å². The summed E-state index contributed by atoms with van der Waals surface area (Å²) in [7, 11) is 0. The van der Waals surface area contributed by atoms with Crippen LogP contribution in [0.5, 0.6) is 0 Å². The van der Waals surface area contributed by atoms with Crippen molar-refractivity contribution in [3.05, 3.63) is 54.0 Å². The van der Waals surface area contributed by atoms with E-state index in [9.17, 15) is 0 Å². The van der Waals surface area contributed by atoms with E-state index < -0.39 is 0 Å². The lowest BCUT2D eigenvalue weighted by Gasteiger charge is -2.05. The Hall–Kier alpha value is -1.93. The average Bonchev–Trinajstić information content (AvgIpc) is 3.00. The van der Waals surface area contributed by atoms with Crippen LogP contribution >= 0.6 is 11.3 Å². The molecular weight excluding hydrogens is 250 g/mol. The normalized spacial score (nSPS) is 10.6. The van der Waals surface area contributed by atoms with Crippen LogP contribution in [0, 0.1) is 0 Å². The molecule has 0 aliphatic rings. The molecule has 0 saturated carbocycles. The Morgan fingerprint density at radius 1 is 0.737 bits per heavy atom. The van der Waals surface area contributed by atoms with Gasteiger partial charge in [-0.25, -0.2) is 4.98 Å². The summed E-state index contributed by atoms with van der Waals surface area (Å²) in [6, 6.07) is 17.1. The van der Waals surface area contributed by atoms with E-state index in [0.717, 1.165) is 5.52 Å². The van der Waals surface area contributed by atoms with Crippen molar-refractivity contribution in [2.24, 2.45) is 0 Å². The third kappa shape index (κ3) is 1.80. The predicted octanol–water partition coefficient (Wildman–Crippen LogP) is 5.63. The van der Waals surface area contributed by atoms with E-state index in [1.165, 1.54) is 26.2 Å². The molecule has 0 atom stereocenters. The molecule has 0 fully saturated rings. The molecule has 0 spiro atoms. The highest BCUT2D eigenvalue weighted by Gasteiger charge is 2.08. The molecule has 4 rings (SSSR count). The summed E-state index contributed by atoms with van der Waals surface area (Å²) < 4.78 is 1.29. The molecule has 3 aromatic carbocycles. The molecular formula is C17H15NS. The van der Waals surface area contributed by atoms with Crippen molar-refractivity contribution in [2.75, 3.05) is 0 Å². The third-order valence-electron chi connectivity index (χ3n) is 3.21. The first kappa shape index (κ1) is 12.1. The summed E-state index contributed by atoms with van der Waals surface area (Å²) in [5.74, 6) is 0. The van der Waals surface area contributed by atoms with Gasteiger partial charge in [0.05, 0.1) is 15.7 Å². The molecule has 1 heterocycles. The summed E-state index contributed by atoms with van der Waals surface area (Å²) in [5.41, 5.74) is 3.06. The lowest BCUT2D eigenvalue weighted by molar-refractivity contribution is 1.50. The van der Waals surface area contributed by atoms with Crippen LogP contribution in [0.15, 0.2) is 54.0 Å². The summed E-state index contributed by atoms with van der Waals surface area (Å²) in [6.45, 7) is 4.00. The zero-order valence-corrected chi connectivity index (χ0v) is 11.9. The average molecular weight is 265 g/mol. The number of hydrogen-bond donors (Lipinski definition) is 0.